The number of benzene rings is 1. The van der Waals surface area contributed by atoms with Crippen molar-refractivity contribution < 1.29 is 9.47 Å². The Hall–Kier alpha value is -3.29. The van der Waals surface area contributed by atoms with Crippen molar-refractivity contribution >= 4 is 23.3 Å². The summed E-state index contributed by atoms with van der Waals surface area (Å²) >= 11 is 0. The highest BCUT2D eigenvalue weighted by atomic mass is 16.5. The number of aryl methyl sites for hydroxylation is 1. The zero-order chi connectivity index (χ0) is 19.0. The predicted molar refractivity (Wildman–Crippen MR) is 99.8 cm³/mol. The number of ether oxygens (including phenoxy) is 2. The van der Waals surface area contributed by atoms with Crippen LogP contribution in [0.1, 0.15) is 17.0 Å². The first kappa shape index (κ1) is 17.5. The van der Waals surface area contributed by atoms with Gasteiger partial charge in [0.15, 0.2) is 5.65 Å². The number of nitrogens with zero attached hydrogens (tertiary/aromatic N) is 3. The average molecular weight is 356 g/mol. The molecule has 0 aliphatic carbocycles. The third-order valence-corrected chi connectivity index (χ3v) is 4.34. The van der Waals surface area contributed by atoms with Gasteiger partial charge in [0, 0.05) is 25.2 Å². The van der Waals surface area contributed by atoms with Gasteiger partial charge in [-0.05, 0) is 31.2 Å². The van der Waals surface area contributed by atoms with E-state index in [1.165, 1.54) is 11.6 Å². The van der Waals surface area contributed by atoms with Crippen LogP contribution in [0.3, 0.4) is 0 Å². The molecule has 2 aromatic heterocycles. The highest BCUT2D eigenvalue weighted by Crippen LogP contribution is 2.32. The van der Waals surface area contributed by atoms with Crippen molar-refractivity contribution in [2.45, 2.75) is 6.92 Å². The number of nitrogens with one attached hydrogen (secondary N) is 1. The lowest BCUT2D eigenvalue weighted by Crippen LogP contribution is -2.36. The van der Waals surface area contributed by atoms with E-state index in [0.717, 1.165) is 21.4 Å². The average Bonchev–Trinajstić information content (AvgIpc) is 3.07. The molecule has 0 radical (unpaired) electrons. The van der Waals surface area contributed by atoms with E-state index in [0.29, 0.717) is 17.2 Å². The van der Waals surface area contributed by atoms with Crippen molar-refractivity contribution in [3.63, 3.8) is 0 Å². The number of aromatic nitrogens is 4. The number of aromatic amines is 1. The Morgan fingerprint density at radius 1 is 1.08 bits per heavy atom. The summed E-state index contributed by atoms with van der Waals surface area (Å²) < 4.78 is 13.2. The molecule has 2 heterocycles. The molecule has 3 rings (SSSR count). The summed E-state index contributed by atoms with van der Waals surface area (Å²) in [5.74, 6) is 1.90. The first-order valence-electron chi connectivity index (χ1n) is 7.94. The van der Waals surface area contributed by atoms with Crippen LogP contribution in [0.15, 0.2) is 21.7 Å². The Balaban J connectivity index is 2.09. The minimum Gasteiger partial charge on any atom is -0.496 e. The minimum absolute atomic E-state index is 0.284. The molecule has 1 N–H and O–H groups in total. The molecule has 0 bridgehead atoms. The highest BCUT2D eigenvalue weighted by molar-refractivity contribution is 5.77. The van der Waals surface area contributed by atoms with Crippen LogP contribution in [0.25, 0.3) is 23.3 Å². The summed E-state index contributed by atoms with van der Waals surface area (Å²) in [6.45, 7) is 1.91. The van der Waals surface area contributed by atoms with Gasteiger partial charge < -0.3 is 14.5 Å². The summed E-state index contributed by atoms with van der Waals surface area (Å²) in [7, 11) is 6.22. The van der Waals surface area contributed by atoms with E-state index in [4.69, 9.17) is 9.47 Å². The van der Waals surface area contributed by atoms with E-state index in [9.17, 15) is 9.59 Å². The molecular formula is C18H20N4O4. The van der Waals surface area contributed by atoms with Crippen LogP contribution in [-0.2, 0) is 14.1 Å². The van der Waals surface area contributed by atoms with Gasteiger partial charge in [-0.15, -0.1) is 0 Å². The fourth-order valence-corrected chi connectivity index (χ4v) is 2.91. The van der Waals surface area contributed by atoms with E-state index in [1.807, 2.05) is 25.1 Å². The zero-order valence-electron chi connectivity index (χ0n) is 15.3. The molecule has 0 atom stereocenters. The molecular weight excluding hydrogens is 336 g/mol. The smallest absolute Gasteiger partial charge is 0.332 e. The summed E-state index contributed by atoms with van der Waals surface area (Å²) in [5, 5.41) is 0. The number of methoxy groups -OCH3 is 2. The number of H-pyrrole nitrogens is 1. The Bertz CT molecular complexity index is 1130. The molecule has 0 unspecified atom stereocenters. The Morgan fingerprint density at radius 3 is 2.46 bits per heavy atom. The molecule has 1 aromatic carbocycles. The van der Waals surface area contributed by atoms with Gasteiger partial charge in [0.25, 0.3) is 5.56 Å². The molecule has 0 amide bonds. The van der Waals surface area contributed by atoms with Crippen molar-refractivity contribution in [2.75, 3.05) is 14.2 Å². The molecule has 0 aliphatic rings. The second kappa shape index (κ2) is 6.55. The Morgan fingerprint density at radius 2 is 1.81 bits per heavy atom. The Labute approximate surface area is 149 Å². The minimum atomic E-state index is -0.419. The summed E-state index contributed by atoms with van der Waals surface area (Å²) in [5.41, 5.74) is 1.50. The highest BCUT2D eigenvalue weighted by Gasteiger charge is 2.13. The normalized spacial score (nSPS) is 11.4. The number of hydrogen-bond acceptors (Lipinski definition) is 5. The molecule has 0 saturated heterocycles. The largest absolute Gasteiger partial charge is 0.496 e. The van der Waals surface area contributed by atoms with Gasteiger partial charge in [-0.25, -0.2) is 9.78 Å². The fourth-order valence-electron chi connectivity index (χ4n) is 2.91. The topological polar surface area (TPSA) is 91.1 Å². The van der Waals surface area contributed by atoms with Gasteiger partial charge in [0.05, 0.1) is 14.2 Å². The third kappa shape index (κ3) is 2.69. The van der Waals surface area contributed by atoms with Crippen LogP contribution >= 0.6 is 0 Å². The molecule has 26 heavy (non-hydrogen) atoms. The lowest BCUT2D eigenvalue weighted by molar-refractivity contribution is 0.388. The van der Waals surface area contributed by atoms with Crippen LogP contribution in [0, 0.1) is 6.92 Å². The lowest BCUT2D eigenvalue weighted by Gasteiger charge is -2.12. The van der Waals surface area contributed by atoms with Gasteiger partial charge in [0.1, 0.15) is 22.8 Å². The predicted octanol–water partition coefficient (Wildman–Crippen LogP) is 1.46. The van der Waals surface area contributed by atoms with Gasteiger partial charge >= 0.3 is 5.69 Å². The fraction of sp³-hybridized carbons (Fsp3) is 0.278. The number of fused-ring (bicyclic) bond motifs is 1. The molecule has 0 fully saturated rings. The van der Waals surface area contributed by atoms with Crippen LogP contribution in [-0.4, -0.2) is 33.3 Å². The summed E-state index contributed by atoms with van der Waals surface area (Å²) in [6.07, 6.45) is 3.55. The SMILES string of the molecule is COc1ccc(C=Cc2nc3c([nH]2)c(=O)n(C)c(=O)n3C)c(OC)c1C. The van der Waals surface area contributed by atoms with Gasteiger partial charge in [0.2, 0.25) is 0 Å². The monoisotopic (exact) mass is 356 g/mol. The van der Waals surface area contributed by atoms with E-state index in [2.05, 4.69) is 9.97 Å². The van der Waals surface area contributed by atoms with Crippen molar-refractivity contribution in [3.05, 3.63) is 49.9 Å². The van der Waals surface area contributed by atoms with E-state index in [-0.39, 0.29) is 5.52 Å². The van der Waals surface area contributed by atoms with Crippen molar-refractivity contribution in [3.8, 4) is 11.5 Å². The summed E-state index contributed by atoms with van der Waals surface area (Å²) in [6, 6.07) is 3.73. The van der Waals surface area contributed by atoms with Gasteiger partial charge in [-0.3, -0.25) is 13.9 Å². The number of rotatable bonds is 4. The Kier molecular flexibility index (Phi) is 4.41. The van der Waals surface area contributed by atoms with Crippen LogP contribution in [0.5, 0.6) is 11.5 Å². The molecule has 3 aromatic rings. The van der Waals surface area contributed by atoms with Crippen LogP contribution < -0.4 is 20.7 Å². The maximum Gasteiger partial charge on any atom is 0.332 e. The first-order valence-corrected chi connectivity index (χ1v) is 7.94. The lowest BCUT2D eigenvalue weighted by atomic mass is 10.1. The van der Waals surface area contributed by atoms with Crippen LogP contribution in [0.4, 0.5) is 0 Å². The molecule has 0 saturated carbocycles. The van der Waals surface area contributed by atoms with Crippen molar-refractivity contribution in [1.82, 2.24) is 19.1 Å². The van der Waals surface area contributed by atoms with E-state index >= 15 is 0 Å². The third-order valence-electron chi connectivity index (χ3n) is 4.34. The quantitative estimate of drug-likeness (QED) is 0.764. The summed E-state index contributed by atoms with van der Waals surface area (Å²) in [4.78, 5) is 31.5. The zero-order valence-corrected chi connectivity index (χ0v) is 15.3. The molecule has 8 nitrogen and oxygen atoms in total. The molecule has 0 aliphatic heterocycles. The first-order chi connectivity index (χ1) is 12.4. The van der Waals surface area contributed by atoms with E-state index < -0.39 is 11.2 Å². The molecule has 0 spiro atoms. The molecule has 8 heteroatoms. The van der Waals surface area contributed by atoms with Gasteiger partial charge in [-0.2, -0.15) is 0 Å². The second-order valence-corrected chi connectivity index (χ2v) is 5.88. The second-order valence-electron chi connectivity index (χ2n) is 5.88. The number of imidazole rings is 1. The van der Waals surface area contributed by atoms with Crippen molar-refractivity contribution in [1.29, 1.82) is 0 Å². The van der Waals surface area contributed by atoms with Crippen molar-refractivity contribution in [2.24, 2.45) is 14.1 Å². The maximum atomic E-state index is 12.2. The van der Waals surface area contributed by atoms with E-state index in [1.54, 1.807) is 27.3 Å². The standard InChI is InChI=1S/C18H20N4O4/c1-10-12(25-4)8-6-11(15(10)26-5)7-9-13-19-14-16(20-13)21(2)18(24)22(3)17(14)23/h6-9H,1-5H3,(H,19,20). The maximum absolute atomic E-state index is 12.2. The van der Waals surface area contributed by atoms with Crippen LogP contribution in [0.2, 0.25) is 0 Å². The molecule has 136 valence electrons. The van der Waals surface area contributed by atoms with Gasteiger partial charge in [-0.1, -0.05) is 0 Å². The number of hydrogen-bond donors (Lipinski definition) is 1.